The first-order valence-corrected chi connectivity index (χ1v) is 16.1. The van der Waals surface area contributed by atoms with Gasteiger partial charge in [-0.2, -0.15) is 0 Å². The van der Waals surface area contributed by atoms with E-state index in [1.807, 2.05) is 0 Å². The molecule has 0 aliphatic heterocycles. The summed E-state index contributed by atoms with van der Waals surface area (Å²) in [6.07, 6.45) is 14.2. The lowest BCUT2D eigenvalue weighted by atomic mass is 9.79. The van der Waals surface area contributed by atoms with Gasteiger partial charge in [-0.25, -0.2) is 4.79 Å². The molecule has 2 atom stereocenters. The van der Waals surface area contributed by atoms with Gasteiger partial charge in [-0.3, -0.25) is 4.79 Å². The summed E-state index contributed by atoms with van der Waals surface area (Å²) in [5, 5.41) is 8.04. The Morgan fingerprint density at radius 2 is 1.67 bits per heavy atom. The molecule has 0 spiro atoms. The normalized spacial score (nSPS) is 14.5. The molecule has 3 rings (SSSR count). The monoisotopic (exact) mass is 590 g/mol. The SMILES string of the molecule is C=C(C)C(=O)OCC(CCOC=O)c1ccc2c(c1)CCC(CCc1ccc(CCCCCCC)cc1)C2.C=C(C)CO. The average Bonchev–Trinajstić information content (AvgIpc) is 3.02. The summed E-state index contributed by atoms with van der Waals surface area (Å²) in [5.74, 6) is 0.310. The number of benzene rings is 2. The molecule has 5 nitrogen and oxygen atoms in total. The van der Waals surface area contributed by atoms with E-state index < -0.39 is 0 Å². The predicted octanol–water partition coefficient (Wildman–Crippen LogP) is 8.26. The molecule has 0 fully saturated rings. The van der Waals surface area contributed by atoms with E-state index in [0.29, 0.717) is 31.0 Å². The van der Waals surface area contributed by atoms with Crippen LogP contribution in [0.4, 0.5) is 0 Å². The van der Waals surface area contributed by atoms with Gasteiger partial charge < -0.3 is 14.6 Å². The molecular formula is C38H54O5. The van der Waals surface area contributed by atoms with E-state index in [9.17, 15) is 9.59 Å². The van der Waals surface area contributed by atoms with Crippen molar-refractivity contribution in [3.8, 4) is 0 Å². The van der Waals surface area contributed by atoms with Crippen LogP contribution in [0.1, 0.15) is 106 Å². The summed E-state index contributed by atoms with van der Waals surface area (Å²) in [6.45, 7) is 13.9. The fourth-order valence-electron chi connectivity index (χ4n) is 5.43. The number of aryl methyl sites for hydroxylation is 3. The molecule has 1 aliphatic carbocycles. The standard InChI is InChI=1S/C34H46O4.C4H8O/c1-4-5-6-7-8-9-27-10-12-28(13-11-27)14-15-29-16-17-31-23-32(19-18-30(31)22-29)33(20-21-37-25-35)24-38-34(36)26(2)3;1-4(2)3-5/h10-13,18-19,23,25,29,33H,2,4-9,14-17,20-22,24H2,1,3H3;5H,1,3H2,2H3. The second-order valence-electron chi connectivity index (χ2n) is 12.1. The third-order valence-electron chi connectivity index (χ3n) is 8.15. The Morgan fingerprint density at radius 1 is 1.00 bits per heavy atom. The second kappa shape index (κ2) is 20.7. The molecule has 43 heavy (non-hydrogen) atoms. The van der Waals surface area contributed by atoms with E-state index in [4.69, 9.17) is 14.6 Å². The van der Waals surface area contributed by atoms with Gasteiger partial charge in [-0.15, -0.1) is 0 Å². The number of unbranched alkanes of at least 4 members (excludes halogenated alkanes) is 4. The largest absolute Gasteiger partial charge is 0.468 e. The maximum Gasteiger partial charge on any atom is 0.333 e. The zero-order chi connectivity index (χ0) is 31.5. The second-order valence-corrected chi connectivity index (χ2v) is 12.1. The lowest BCUT2D eigenvalue weighted by Gasteiger charge is -2.26. The predicted molar refractivity (Wildman–Crippen MR) is 176 cm³/mol. The van der Waals surface area contributed by atoms with Crippen molar-refractivity contribution in [3.63, 3.8) is 0 Å². The molecule has 0 heterocycles. The van der Waals surface area contributed by atoms with E-state index >= 15 is 0 Å². The number of ether oxygens (including phenoxy) is 2. The molecule has 5 heteroatoms. The van der Waals surface area contributed by atoms with Crippen LogP contribution in [0.3, 0.4) is 0 Å². The number of esters is 1. The molecule has 2 unspecified atom stereocenters. The van der Waals surface area contributed by atoms with Crippen LogP contribution in [-0.2, 0) is 44.7 Å². The van der Waals surface area contributed by atoms with Crippen LogP contribution in [0.2, 0.25) is 0 Å². The van der Waals surface area contributed by atoms with Gasteiger partial charge in [0.2, 0.25) is 0 Å². The van der Waals surface area contributed by atoms with Gasteiger partial charge in [0.1, 0.15) is 0 Å². The van der Waals surface area contributed by atoms with Crippen LogP contribution < -0.4 is 0 Å². The minimum Gasteiger partial charge on any atom is -0.468 e. The lowest BCUT2D eigenvalue weighted by molar-refractivity contribution is -0.140. The minimum absolute atomic E-state index is 0.0133. The molecule has 2 aromatic rings. The molecule has 1 N–H and O–H groups in total. The van der Waals surface area contributed by atoms with Crippen molar-refractivity contribution >= 4 is 12.4 Å². The van der Waals surface area contributed by atoms with Crippen molar-refractivity contribution < 1.29 is 24.2 Å². The van der Waals surface area contributed by atoms with Crippen LogP contribution in [-0.4, -0.2) is 37.4 Å². The molecule has 1 aliphatic rings. The van der Waals surface area contributed by atoms with Crippen molar-refractivity contribution in [3.05, 3.63) is 94.6 Å². The highest BCUT2D eigenvalue weighted by Crippen LogP contribution is 2.32. The zero-order valence-corrected chi connectivity index (χ0v) is 26.9. The number of aliphatic hydroxyl groups is 1. The molecule has 2 aromatic carbocycles. The van der Waals surface area contributed by atoms with Crippen molar-refractivity contribution in [2.45, 2.75) is 104 Å². The number of aliphatic hydroxyl groups excluding tert-OH is 1. The topological polar surface area (TPSA) is 72.8 Å². The summed E-state index contributed by atoms with van der Waals surface area (Å²) in [6, 6.07) is 16.0. The smallest absolute Gasteiger partial charge is 0.333 e. The highest BCUT2D eigenvalue weighted by Gasteiger charge is 2.22. The van der Waals surface area contributed by atoms with Crippen LogP contribution in [0.5, 0.6) is 0 Å². The Kier molecular flexibility index (Phi) is 17.3. The first-order chi connectivity index (χ1) is 20.8. The van der Waals surface area contributed by atoms with E-state index in [1.165, 1.54) is 73.6 Å². The van der Waals surface area contributed by atoms with E-state index in [1.54, 1.807) is 13.8 Å². The van der Waals surface area contributed by atoms with Crippen LogP contribution in [0.25, 0.3) is 0 Å². The number of carbonyl (C=O) groups excluding carboxylic acids is 2. The molecule has 0 bridgehead atoms. The van der Waals surface area contributed by atoms with E-state index in [-0.39, 0.29) is 25.1 Å². The molecule has 0 saturated heterocycles. The number of fused-ring (bicyclic) bond motifs is 1. The van der Waals surface area contributed by atoms with Gasteiger partial charge in [0.25, 0.3) is 6.47 Å². The van der Waals surface area contributed by atoms with E-state index in [0.717, 1.165) is 30.4 Å². The fourth-order valence-corrected chi connectivity index (χ4v) is 5.43. The summed E-state index contributed by atoms with van der Waals surface area (Å²) < 4.78 is 10.4. The zero-order valence-electron chi connectivity index (χ0n) is 26.9. The van der Waals surface area contributed by atoms with Crippen LogP contribution in [0, 0.1) is 5.92 Å². The Morgan fingerprint density at radius 3 is 2.30 bits per heavy atom. The van der Waals surface area contributed by atoms with Crippen molar-refractivity contribution in [1.82, 2.24) is 0 Å². The maximum atomic E-state index is 11.9. The number of hydrogen-bond acceptors (Lipinski definition) is 5. The lowest BCUT2D eigenvalue weighted by Crippen LogP contribution is -2.18. The van der Waals surface area contributed by atoms with Gasteiger partial charge in [-0.05, 0) is 98.9 Å². The molecule has 0 radical (unpaired) electrons. The number of rotatable bonds is 18. The van der Waals surface area contributed by atoms with Gasteiger partial charge in [0.15, 0.2) is 0 Å². The Bertz CT molecular complexity index is 1130. The van der Waals surface area contributed by atoms with Crippen LogP contribution >= 0.6 is 0 Å². The summed E-state index contributed by atoms with van der Waals surface area (Å²) >= 11 is 0. The summed E-state index contributed by atoms with van der Waals surface area (Å²) in [4.78, 5) is 22.5. The third-order valence-corrected chi connectivity index (χ3v) is 8.15. The Balaban J connectivity index is 0.00000119. The fraction of sp³-hybridized carbons (Fsp3) is 0.526. The Labute approximate surface area is 260 Å². The van der Waals surface area contributed by atoms with E-state index in [2.05, 4.69) is 62.5 Å². The number of hydrogen-bond donors (Lipinski definition) is 1. The maximum absolute atomic E-state index is 11.9. The first-order valence-electron chi connectivity index (χ1n) is 16.1. The van der Waals surface area contributed by atoms with Gasteiger partial charge in [-0.1, -0.05) is 93.8 Å². The minimum atomic E-state index is -0.385. The molecule has 0 saturated carbocycles. The van der Waals surface area contributed by atoms with Gasteiger partial charge in [0.05, 0.1) is 19.8 Å². The quantitative estimate of drug-likeness (QED) is 0.0622. The van der Waals surface area contributed by atoms with Gasteiger partial charge >= 0.3 is 5.97 Å². The molecule has 0 amide bonds. The molecule has 0 aromatic heterocycles. The average molecular weight is 591 g/mol. The van der Waals surface area contributed by atoms with Crippen molar-refractivity contribution in [2.75, 3.05) is 19.8 Å². The van der Waals surface area contributed by atoms with Crippen LogP contribution in [0.15, 0.2) is 66.8 Å². The summed E-state index contributed by atoms with van der Waals surface area (Å²) in [5.41, 5.74) is 8.09. The molecular weight excluding hydrogens is 536 g/mol. The van der Waals surface area contributed by atoms with Gasteiger partial charge in [0, 0.05) is 11.5 Å². The Hall–Kier alpha value is -3.18. The molecule has 236 valence electrons. The highest BCUT2D eigenvalue weighted by atomic mass is 16.5. The van der Waals surface area contributed by atoms with Crippen molar-refractivity contribution in [1.29, 1.82) is 0 Å². The highest BCUT2D eigenvalue weighted by molar-refractivity contribution is 5.86. The third kappa shape index (κ3) is 14.2. The number of carbonyl (C=O) groups is 2. The van der Waals surface area contributed by atoms with Crippen molar-refractivity contribution in [2.24, 2.45) is 5.92 Å². The first kappa shape index (κ1) is 36.0. The summed E-state index contributed by atoms with van der Waals surface area (Å²) in [7, 11) is 0.